The van der Waals surface area contributed by atoms with E-state index >= 15 is 0 Å². The molecule has 2 N–H and O–H groups in total. The van der Waals surface area contributed by atoms with Crippen molar-refractivity contribution in [2.24, 2.45) is 0 Å². The lowest BCUT2D eigenvalue weighted by molar-refractivity contribution is 0.375. The van der Waals surface area contributed by atoms with Crippen molar-refractivity contribution >= 4 is 11.4 Å². The smallest absolute Gasteiger partial charge is 0.200 e. The molecule has 32 heavy (non-hydrogen) atoms. The SMILES string of the molecule is C=C(NCCc1ccccc1)c1ccc(CNC(=C)c2c(F)c(F)c(F)c(F)c2F)cc1. The summed E-state index contributed by atoms with van der Waals surface area (Å²) in [6.45, 7) is 8.22. The Morgan fingerprint density at radius 1 is 0.625 bits per heavy atom. The van der Waals surface area contributed by atoms with Crippen LogP contribution in [0.2, 0.25) is 0 Å². The van der Waals surface area contributed by atoms with Crippen LogP contribution in [0.4, 0.5) is 22.0 Å². The molecule has 0 aliphatic rings. The zero-order valence-electron chi connectivity index (χ0n) is 17.1. The van der Waals surface area contributed by atoms with Gasteiger partial charge in [0.2, 0.25) is 5.82 Å². The van der Waals surface area contributed by atoms with Crippen LogP contribution in [0.25, 0.3) is 11.4 Å². The molecule has 166 valence electrons. The topological polar surface area (TPSA) is 24.1 Å². The Bertz CT molecular complexity index is 1100. The number of hydrogen-bond donors (Lipinski definition) is 2. The van der Waals surface area contributed by atoms with Gasteiger partial charge in [0.05, 0.1) is 5.56 Å². The summed E-state index contributed by atoms with van der Waals surface area (Å²) in [5.74, 6) is -10.1. The van der Waals surface area contributed by atoms with Gasteiger partial charge in [0, 0.05) is 24.5 Å². The number of benzene rings is 3. The summed E-state index contributed by atoms with van der Waals surface area (Å²) in [5.41, 5.74) is 2.05. The van der Waals surface area contributed by atoms with Gasteiger partial charge in [-0.05, 0) is 23.1 Å². The summed E-state index contributed by atoms with van der Waals surface area (Å²) in [7, 11) is 0. The van der Waals surface area contributed by atoms with Crippen LogP contribution < -0.4 is 10.6 Å². The van der Waals surface area contributed by atoms with E-state index in [0.717, 1.165) is 23.2 Å². The molecule has 0 spiro atoms. The summed E-state index contributed by atoms with van der Waals surface area (Å²) >= 11 is 0. The normalized spacial score (nSPS) is 10.7. The van der Waals surface area contributed by atoms with Crippen LogP contribution >= 0.6 is 0 Å². The van der Waals surface area contributed by atoms with E-state index in [9.17, 15) is 22.0 Å². The highest BCUT2D eigenvalue weighted by molar-refractivity contribution is 5.64. The van der Waals surface area contributed by atoms with Crippen molar-refractivity contribution < 1.29 is 22.0 Å². The van der Waals surface area contributed by atoms with Gasteiger partial charge in [-0.3, -0.25) is 0 Å². The molecule has 0 fully saturated rings. The van der Waals surface area contributed by atoms with Crippen LogP contribution in [-0.4, -0.2) is 6.54 Å². The third-order valence-electron chi connectivity index (χ3n) is 4.91. The molecule has 3 rings (SSSR count). The Morgan fingerprint density at radius 2 is 1.19 bits per heavy atom. The lowest BCUT2D eigenvalue weighted by Gasteiger charge is -2.14. The lowest BCUT2D eigenvalue weighted by Crippen LogP contribution is -2.16. The minimum absolute atomic E-state index is 0.0759. The first kappa shape index (κ1) is 23.1. The van der Waals surface area contributed by atoms with Crippen molar-refractivity contribution in [2.45, 2.75) is 13.0 Å². The predicted molar refractivity (Wildman–Crippen MR) is 116 cm³/mol. The van der Waals surface area contributed by atoms with Gasteiger partial charge in [0.15, 0.2) is 23.3 Å². The maximum atomic E-state index is 13.9. The molecule has 0 heterocycles. The second-order valence-corrected chi connectivity index (χ2v) is 7.11. The lowest BCUT2D eigenvalue weighted by atomic mass is 10.1. The highest BCUT2D eigenvalue weighted by Crippen LogP contribution is 2.26. The van der Waals surface area contributed by atoms with Crippen molar-refractivity contribution in [3.8, 4) is 0 Å². The van der Waals surface area contributed by atoms with Crippen LogP contribution in [0.5, 0.6) is 0 Å². The Hall–Kier alpha value is -3.61. The van der Waals surface area contributed by atoms with Crippen molar-refractivity contribution in [3.05, 3.63) is 119 Å². The molecule has 0 amide bonds. The Balaban J connectivity index is 1.57. The highest BCUT2D eigenvalue weighted by Gasteiger charge is 2.27. The number of halogens is 5. The fraction of sp³-hybridized carbons (Fsp3) is 0.120. The van der Waals surface area contributed by atoms with Gasteiger partial charge in [0.25, 0.3) is 0 Å². The molecule has 3 aromatic carbocycles. The van der Waals surface area contributed by atoms with Gasteiger partial charge in [-0.2, -0.15) is 0 Å². The second-order valence-electron chi connectivity index (χ2n) is 7.11. The molecule has 0 unspecified atom stereocenters. The van der Waals surface area contributed by atoms with E-state index in [0.29, 0.717) is 6.54 Å². The largest absolute Gasteiger partial charge is 0.385 e. The van der Waals surface area contributed by atoms with E-state index in [2.05, 4.69) is 23.8 Å². The zero-order chi connectivity index (χ0) is 23.3. The number of nitrogens with one attached hydrogen (secondary N) is 2. The average Bonchev–Trinajstić information content (AvgIpc) is 2.81. The van der Waals surface area contributed by atoms with Crippen molar-refractivity contribution in [2.75, 3.05) is 6.54 Å². The van der Waals surface area contributed by atoms with E-state index in [1.54, 1.807) is 12.1 Å². The summed E-state index contributed by atoms with van der Waals surface area (Å²) in [6.07, 6.45) is 0.849. The molecule has 2 nitrogen and oxygen atoms in total. The quantitative estimate of drug-likeness (QED) is 0.242. The van der Waals surface area contributed by atoms with E-state index < -0.39 is 40.3 Å². The van der Waals surface area contributed by atoms with E-state index in [1.807, 2.05) is 42.5 Å². The van der Waals surface area contributed by atoms with E-state index in [4.69, 9.17) is 0 Å². The van der Waals surface area contributed by atoms with Crippen molar-refractivity contribution in [1.82, 2.24) is 10.6 Å². The fourth-order valence-corrected chi connectivity index (χ4v) is 3.10. The van der Waals surface area contributed by atoms with Crippen LogP contribution in [0.15, 0.2) is 67.8 Å². The number of rotatable bonds is 9. The Morgan fingerprint density at radius 3 is 1.78 bits per heavy atom. The van der Waals surface area contributed by atoms with Crippen LogP contribution in [0, 0.1) is 29.1 Å². The molecule has 0 aromatic heterocycles. The van der Waals surface area contributed by atoms with Crippen LogP contribution in [0.1, 0.15) is 22.3 Å². The molecular formula is C25H21F5N2. The van der Waals surface area contributed by atoms with Gasteiger partial charge < -0.3 is 10.6 Å². The van der Waals surface area contributed by atoms with Gasteiger partial charge in [-0.15, -0.1) is 0 Å². The first-order valence-electron chi connectivity index (χ1n) is 9.80. The second kappa shape index (κ2) is 10.1. The molecule has 0 aliphatic carbocycles. The minimum atomic E-state index is -2.20. The Labute approximate surface area is 183 Å². The van der Waals surface area contributed by atoms with Gasteiger partial charge >= 0.3 is 0 Å². The molecule has 0 aliphatic heterocycles. The fourth-order valence-electron chi connectivity index (χ4n) is 3.10. The summed E-state index contributed by atoms with van der Waals surface area (Å²) in [4.78, 5) is 0. The summed E-state index contributed by atoms with van der Waals surface area (Å²) in [6, 6.07) is 17.2. The third-order valence-corrected chi connectivity index (χ3v) is 4.91. The minimum Gasteiger partial charge on any atom is -0.385 e. The maximum absolute atomic E-state index is 13.9. The van der Waals surface area contributed by atoms with Gasteiger partial charge in [-0.1, -0.05) is 67.8 Å². The Kier molecular flexibility index (Phi) is 7.30. The third kappa shape index (κ3) is 5.17. The monoisotopic (exact) mass is 444 g/mol. The molecule has 0 saturated carbocycles. The zero-order valence-corrected chi connectivity index (χ0v) is 17.1. The molecule has 0 saturated heterocycles. The average molecular weight is 444 g/mol. The summed E-state index contributed by atoms with van der Waals surface area (Å²) in [5, 5.41) is 5.86. The first-order chi connectivity index (χ1) is 15.3. The first-order valence-corrected chi connectivity index (χ1v) is 9.80. The summed E-state index contributed by atoms with van der Waals surface area (Å²) < 4.78 is 67.7. The van der Waals surface area contributed by atoms with Crippen LogP contribution in [0.3, 0.4) is 0 Å². The van der Waals surface area contributed by atoms with E-state index in [-0.39, 0.29) is 6.54 Å². The molecule has 3 aromatic rings. The molecule has 0 atom stereocenters. The van der Waals surface area contributed by atoms with Crippen molar-refractivity contribution in [1.29, 1.82) is 0 Å². The van der Waals surface area contributed by atoms with Crippen LogP contribution in [-0.2, 0) is 13.0 Å². The van der Waals surface area contributed by atoms with E-state index in [1.165, 1.54) is 5.56 Å². The standard InChI is InChI=1S/C25H21F5N2/c1-15(31-13-12-17-6-4-3-5-7-17)19-10-8-18(9-11-19)14-32-16(2)20-21(26)23(28)25(30)24(29)22(20)27/h3-11,31-32H,1-2,12-14H2. The predicted octanol–water partition coefficient (Wildman–Crippen LogP) is 5.95. The van der Waals surface area contributed by atoms with Gasteiger partial charge in [0.1, 0.15) is 0 Å². The number of hydrogen-bond acceptors (Lipinski definition) is 2. The molecule has 0 radical (unpaired) electrons. The van der Waals surface area contributed by atoms with Gasteiger partial charge in [-0.25, -0.2) is 22.0 Å². The highest BCUT2D eigenvalue weighted by atomic mass is 19.2. The molecule has 0 bridgehead atoms. The van der Waals surface area contributed by atoms with Crippen molar-refractivity contribution in [3.63, 3.8) is 0 Å². The molecular weight excluding hydrogens is 423 g/mol. The molecule has 7 heteroatoms. The maximum Gasteiger partial charge on any atom is 0.200 e.